The molecule has 0 radical (unpaired) electrons. The van der Waals surface area contributed by atoms with Gasteiger partial charge in [0.05, 0.1) is 5.75 Å². The van der Waals surface area contributed by atoms with E-state index in [2.05, 4.69) is 4.94 Å². The van der Waals surface area contributed by atoms with Crippen LogP contribution in [0.5, 0.6) is 5.75 Å². The van der Waals surface area contributed by atoms with Gasteiger partial charge in [0.2, 0.25) is 0 Å². The smallest absolute Gasteiger partial charge is 0.173 e. The standard InChI is InChI=1S/C7H8FNO3S/c8-12-6-2-1-5(4-13(10)11)7(9)3-6/h1-3,13H,4,9H2. The SMILES string of the molecule is Nc1cc(OF)ccc1C[SH](=O)=O. The number of hydrogen-bond acceptors (Lipinski definition) is 4. The maximum absolute atomic E-state index is 11.6. The van der Waals surface area contributed by atoms with Crippen LogP contribution in [0.3, 0.4) is 0 Å². The number of rotatable bonds is 3. The van der Waals surface area contributed by atoms with Crippen molar-refractivity contribution in [3.05, 3.63) is 23.8 Å². The lowest BCUT2D eigenvalue weighted by Gasteiger charge is -2.01. The van der Waals surface area contributed by atoms with Crippen molar-refractivity contribution in [3.8, 4) is 5.75 Å². The van der Waals surface area contributed by atoms with Crippen molar-refractivity contribution in [1.29, 1.82) is 0 Å². The third kappa shape index (κ3) is 2.59. The fourth-order valence-electron chi connectivity index (χ4n) is 0.904. The number of thiol groups is 1. The van der Waals surface area contributed by atoms with Crippen LogP contribution >= 0.6 is 0 Å². The average molecular weight is 205 g/mol. The Morgan fingerprint density at radius 2 is 2.15 bits per heavy atom. The summed E-state index contributed by atoms with van der Waals surface area (Å²) in [5, 5.41) is 0. The number of nitrogen functional groups attached to an aromatic ring is 1. The van der Waals surface area contributed by atoms with Gasteiger partial charge in [-0.15, -0.1) is 0 Å². The molecule has 1 rings (SSSR count). The molecule has 0 aliphatic rings. The summed E-state index contributed by atoms with van der Waals surface area (Å²) in [4.78, 5) is 3.42. The monoisotopic (exact) mass is 205 g/mol. The van der Waals surface area contributed by atoms with E-state index in [1.165, 1.54) is 18.2 Å². The molecule has 0 aliphatic carbocycles. The lowest BCUT2D eigenvalue weighted by molar-refractivity contribution is -0.00614. The number of hydrogen-bond donors (Lipinski definition) is 2. The van der Waals surface area contributed by atoms with E-state index < -0.39 is 10.7 Å². The van der Waals surface area contributed by atoms with Crippen molar-refractivity contribution < 1.29 is 17.9 Å². The van der Waals surface area contributed by atoms with Gasteiger partial charge in [-0.1, -0.05) is 6.07 Å². The van der Waals surface area contributed by atoms with Crippen molar-refractivity contribution in [1.82, 2.24) is 0 Å². The maximum atomic E-state index is 11.6. The second-order valence-corrected chi connectivity index (χ2v) is 3.41. The Labute approximate surface area is 76.0 Å². The Balaban J connectivity index is 2.98. The lowest BCUT2D eigenvalue weighted by Crippen LogP contribution is -1.95. The molecule has 72 valence electrons. The van der Waals surface area contributed by atoms with Gasteiger partial charge < -0.3 is 5.73 Å². The van der Waals surface area contributed by atoms with E-state index in [1.807, 2.05) is 0 Å². The highest BCUT2D eigenvalue weighted by atomic mass is 32.2. The predicted molar refractivity (Wildman–Crippen MR) is 46.6 cm³/mol. The lowest BCUT2D eigenvalue weighted by atomic mass is 10.2. The number of nitrogens with two attached hydrogens (primary N) is 1. The third-order valence-electron chi connectivity index (χ3n) is 1.51. The summed E-state index contributed by atoms with van der Waals surface area (Å²) in [5.41, 5.74) is 6.08. The minimum atomic E-state index is -2.52. The number of benzene rings is 1. The Morgan fingerprint density at radius 3 is 2.62 bits per heavy atom. The molecule has 1 aromatic carbocycles. The largest absolute Gasteiger partial charge is 0.398 e. The van der Waals surface area contributed by atoms with E-state index in [9.17, 15) is 12.9 Å². The Bertz CT molecular complexity index is 370. The van der Waals surface area contributed by atoms with Gasteiger partial charge in [-0.3, -0.25) is 4.94 Å². The summed E-state index contributed by atoms with van der Waals surface area (Å²) in [6.45, 7) is 0. The van der Waals surface area contributed by atoms with E-state index in [-0.39, 0.29) is 17.2 Å². The van der Waals surface area contributed by atoms with Gasteiger partial charge in [0, 0.05) is 16.3 Å². The van der Waals surface area contributed by atoms with Crippen molar-refractivity contribution in [2.24, 2.45) is 0 Å². The normalized spacial score (nSPS) is 10.3. The Morgan fingerprint density at radius 1 is 1.46 bits per heavy atom. The Kier molecular flexibility index (Phi) is 3.07. The van der Waals surface area contributed by atoms with Crippen LogP contribution in [0.2, 0.25) is 0 Å². The molecule has 0 fully saturated rings. The van der Waals surface area contributed by atoms with Crippen LogP contribution in [0.4, 0.5) is 10.2 Å². The fourth-order valence-corrected chi connectivity index (χ4v) is 1.47. The molecule has 0 aliphatic heterocycles. The molecular weight excluding hydrogens is 197 g/mol. The van der Waals surface area contributed by atoms with E-state index in [0.29, 0.717) is 5.56 Å². The van der Waals surface area contributed by atoms with Gasteiger partial charge in [-0.25, -0.2) is 8.42 Å². The molecule has 0 saturated heterocycles. The first-order chi connectivity index (χ1) is 6.13. The topological polar surface area (TPSA) is 69.4 Å². The average Bonchev–Trinajstić information content (AvgIpc) is 2.08. The van der Waals surface area contributed by atoms with Gasteiger partial charge >= 0.3 is 0 Å². The highest BCUT2D eigenvalue weighted by Crippen LogP contribution is 2.20. The zero-order chi connectivity index (χ0) is 9.84. The summed E-state index contributed by atoms with van der Waals surface area (Å²) in [6, 6.07) is 3.95. The molecule has 1 aromatic rings. The van der Waals surface area contributed by atoms with Gasteiger partial charge in [0.25, 0.3) is 0 Å². The predicted octanol–water partition coefficient (Wildman–Crippen LogP) is 0.644. The fraction of sp³-hybridized carbons (Fsp3) is 0.143. The van der Waals surface area contributed by atoms with Crippen LogP contribution in [-0.4, -0.2) is 8.42 Å². The van der Waals surface area contributed by atoms with E-state index >= 15 is 0 Å². The third-order valence-corrected chi connectivity index (χ3v) is 2.10. The summed E-state index contributed by atoms with van der Waals surface area (Å²) in [7, 11) is -2.52. The molecule has 0 atom stereocenters. The zero-order valence-corrected chi connectivity index (χ0v) is 7.46. The highest BCUT2D eigenvalue weighted by Gasteiger charge is 2.02. The number of anilines is 1. The van der Waals surface area contributed by atoms with Crippen LogP contribution < -0.4 is 10.7 Å². The molecule has 0 unspecified atom stereocenters. The van der Waals surface area contributed by atoms with Gasteiger partial charge in [0.15, 0.2) is 5.75 Å². The molecule has 4 nitrogen and oxygen atoms in total. The van der Waals surface area contributed by atoms with Crippen molar-refractivity contribution in [2.75, 3.05) is 5.73 Å². The summed E-state index contributed by atoms with van der Waals surface area (Å²) < 4.78 is 32.3. The van der Waals surface area contributed by atoms with E-state index in [1.54, 1.807) is 0 Å². The first-order valence-electron chi connectivity index (χ1n) is 3.42. The molecule has 13 heavy (non-hydrogen) atoms. The van der Waals surface area contributed by atoms with Crippen LogP contribution in [-0.2, 0) is 16.5 Å². The summed E-state index contributed by atoms with van der Waals surface area (Å²) in [6.07, 6.45) is 0. The van der Waals surface area contributed by atoms with Gasteiger partial charge in [-0.2, -0.15) is 0 Å². The molecule has 0 amide bonds. The summed E-state index contributed by atoms with van der Waals surface area (Å²) in [5.74, 6) is -0.185. The van der Waals surface area contributed by atoms with E-state index in [0.717, 1.165) is 0 Å². The zero-order valence-electron chi connectivity index (χ0n) is 6.57. The molecule has 0 saturated carbocycles. The summed E-state index contributed by atoms with van der Waals surface area (Å²) >= 11 is 0. The quantitative estimate of drug-likeness (QED) is 0.561. The molecule has 0 aromatic heterocycles. The van der Waals surface area contributed by atoms with E-state index in [4.69, 9.17) is 5.73 Å². The van der Waals surface area contributed by atoms with Crippen molar-refractivity contribution >= 4 is 16.4 Å². The second kappa shape index (κ2) is 4.08. The first-order valence-corrected chi connectivity index (χ1v) is 4.78. The van der Waals surface area contributed by atoms with Crippen molar-refractivity contribution in [2.45, 2.75) is 5.75 Å². The minimum absolute atomic E-state index is 0.0395. The highest BCUT2D eigenvalue weighted by molar-refractivity contribution is 7.71. The molecular formula is C7H8FNO3S. The Hall–Kier alpha value is -1.30. The van der Waals surface area contributed by atoms with Crippen LogP contribution in [0.1, 0.15) is 5.56 Å². The molecule has 0 heterocycles. The molecule has 0 bridgehead atoms. The van der Waals surface area contributed by atoms with Crippen LogP contribution in [0.25, 0.3) is 0 Å². The van der Waals surface area contributed by atoms with Crippen LogP contribution in [0.15, 0.2) is 18.2 Å². The number of halogens is 1. The minimum Gasteiger partial charge on any atom is -0.398 e. The van der Waals surface area contributed by atoms with Crippen LogP contribution in [0, 0.1) is 0 Å². The second-order valence-electron chi connectivity index (χ2n) is 2.43. The molecule has 0 spiro atoms. The van der Waals surface area contributed by atoms with Gasteiger partial charge in [0.1, 0.15) is 10.7 Å². The van der Waals surface area contributed by atoms with Gasteiger partial charge in [-0.05, 0) is 11.6 Å². The maximum Gasteiger partial charge on any atom is 0.173 e. The molecule has 6 heteroatoms. The molecule has 2 N–H and O–H groups in total. The first kappa shape index (κ1) is 9.79. The van der Waals surface area contributed by atoms with Crippen molar-refractivity contribution in [3.63, 3.8) is 0 Å².